The summed E-state index contributed by atoms with van der Waals surface area (Å²) in [5.41, 5.74) is 2.04. The van der Waals surface area contributed by atoms with Crippen LogP contribution in [0.1, 0.15) is 13.3 Å². The molecule has 1 N–H and O–H groups in total. The standard InChI is InChI=1S/C20H22N2O2S/c1-3-11-22-12-10-15-13-16(4-9-19(15)22)21-20(23)14-25-18-7-5-17(24-2)6-8-18/h4-10,12-13H,3,11,14H2,1-2H3,(H,21,23). The topological polar surface area (TPSA) is 43.3 Å². The molecule has 3 rings (SSSR count). The molecule has 0 spiro atoms. The Morgan fingerprint density at radius 1 is 1.16 bits per heavy atom. The molecule has 1 amide bonds. The highest BCUT2D eigenvalue weighted by Crippen LogP contribution is 2.23. The van der Waals surface area contributed by atoms with Gasteiger partial charge in [-0.25, -0.2) is 0 Å². The summed E-state index contributed by atoms with van der Waals surface area (Å²) in [7, 11) is 1.64. The molecule has 0 unspecified atom stereocenters. The van der Waals surface area contributed by atoms with E-state index in [1.165, 1.54) is 17.3 Å². The third-order valence-electron chi connectivity index (χ3n) is 3.95. The Kier molecular flexibility index (Phi) is 5.66. The van der Waals surface area contributed by atoms with E-state index in [4.69, 9.17) is 4.74 Å². The fraction of sp³-hybridized carbons (Fsp3) is 0.250. The van der Waals surface area contributed by atoms with Gasteiger partial charge in [-0.2, -0.15) is 0 Å². The minimum atomic E-state index is -0.00633. The fourth-order valence-electron chi connectivity index (χ4n) is 2.73. The quantitative estimate of drug-likeness (QED) is 0.620. The Morgan fingerprint density at radius 2 is 1.96 bits per heavy atom. The SMILES string of the molecule is CCCn1ccc2cc(NC(=O)CSc3ccc(OC)cc3)ccc21. The lowest BCUT2D eigenvalue weighted by Crippen LogP contribution is -2.13. The molecule has 1 aromatic heterocycles. The summed E-state index contributed by atoms with van der Waals surface area (Å²) in [4.78, 5) is 13.2. The predicted octanol–water partition coefficient (Wildman–Crippen LogP) is 4.79. The van der Waals surface area contributed by atoms with Crippen molar-refractivity contribution in [2.75, 3.05) is 18.2 Å². The highest BCUT2D eigenvalue weighted by atomic mass is 32.2. The number of fused-ring (bicyclic) bond motifs is 1. The molecule has 0 saturated heterocycles. The maximum Gasteiger partial charge on any atom is 0.234 e. The lowest BCUT2D eigenvalue weighted by molar-refractivity contribution is -0.113. The van der Waals surface area contributed by atoms with Crippen molar-refractivity contribution in [3.05, 3.63) is 54.7 Å². The van der Waals surface area contributed by atoms with E-state index in [0.717, 1.165) is 34.7 Å². The van der Waals surface area contributed by atoms with Crippen LogP contribution >= 0.6 is 11.8 Å². The third kappa shape index (κ3) is 4.37. The van der Waals surface area contributed by atoms with E-state index in [2.05, 4.69) is 35.1 Å². The first kappa shape index (κ1) is 17.4. The average molecular weight is 354 g/mol. The summed E-state index contributed by atoms with van der Waals surface area (Å²) in [6.07, 6.45) is 3.20. The number of thioether (sulfide) groups is 1. The van der Waals surface area contributed by atoms with E-state index in [-0.39, 0.29) is 5.91 Å². The van der Waals surface area contributed by atoms with Gasteiger partial charge >= 0.3 is 0 Å². The lowest BCUT2D eigenvalue weighted by atomic mass is 10.2. The molecular formula is C20H22N2O2S. The molecule has 25 heavy (non-hydrogen) atoms. The summed E-state index contributed by atoms with van der Waals surface area (Å²) in [5, 5.41) is 4.12. The molecule has 0 saturated carbocycles. The lowest BCUT2D eigenvalue weighted by Gasteiger charge is -2.07. The Balaban J connectivity index is 1.59. The second-order valence-corrected chi connectivity index (χ2v) is 6.84. The van der Waals surface area contributed by atoms with Crippen molar-refractivity contribution in [2.45, 2.75) is 24.8 Å². The minimum Gasteiger partial charge on any atom is -0.497 e. The van der Waals surface area contributed by atoms with Crippen LogP contribution in [0.2, 0.25) is 0 Å². The predicted molar refractivity (Wildman–Crippen MR) is 105 cm³/mol. The van der Waals surface area contributed by atoms with Gasteiger partial charge < -0.3 is 14.6 Å². The number of rotatable bonds is 7. The number of carbonyl (C=O) groups excluding carboxylic acids is 1. The van der Waals surface area contributed by atoms with Gasteiger partial charge in [0.05, 0.1) is 12.9 Å². The second kappa shape index (κ2) is 8.12. The Hall–Kier alpha value is -2.40. The number of aromatic nitrogens is 1. The second-order valence-electron chi connectivity index (χ2n) is 5.80. The first-order chi connectivity index (χ1) is 12.2. The molecule has 130 valence electrons. The number of hydrogen-bond acceptors (Lipinski definition) is 3. The number of hydrogen-bond donors (Lipinski definition) is 1. The molecule has 0 atom stereocenters. The Labute approximate surface area is 152 Å². The van der Waals surface area contributed by atoms with Gasteiger partial charge in [-0.3, -0.25) is 4.79 Å². The van der Waals surface area contributed by atoms with Gasteiger partial charge in [0.1, 0.15) is 5.75 Å². The summed E-state index contributed by atoms with van der Waals surface area (Å²) in [6.45, 7) is 3.18. The molecule has 0 radical (unpaired) electrons. The van der Waals surface area contributed by atoms with Gasteiger partial charge in [0, 0.05) is 34.2 Å². The van der Waals surface area contributed by atoms with Gasteiger partial charge in [-0.15, -0.1) is 11.8 Å². The zero-order valence-electron chi connectivity index (χ0n) is 14.5. The summed E-state index contributed by atoms with van der Waals surface area (Å²) < 4.78 is 7.37. The van der Waals surface area contributed by atoms with Crippen LogP contribution in [0, 0.1) is 0 Å². The molecule has 0 bridgehead atoms. The number of amides is 1. The third-order valence-corrected chi connectivity index (χ3v) is 4.96. The number of benzene rings is 2. The minimum absolute atomic E-state index is 0.00633. The van der Waals surface area contributed by atoms with Gasteiger partial charge in [-0.05, 0) is 55.0 Å². The number of anilines is 1. The molecule has 0 aliphatic heterocycles. The molecule has 0 aliphatic rings. The van der Waals surface area contributed by atoms with Crippen molar-refractivity contribution in [1.29, 1.82) is 0 Å². The monoisotopic (exact) mass is 354 g/mol. The fourth-order valence-corrected chi connectivity index (χ4v) is 3.43. The van der Waals surface area contributed by atoms with E-state index in [1.807, 2.05) is 36.4 Å². The Bertz CT molecular complexity index is 856. The normalized spacial score (nSPS) is 10.8. The van der Waals surface area contributed by atoms with E-state index in [9.17, 15) is 4.79 Å². The molecule has 5 heteroatoms. The van der Waals surface area contributed by atoms with Crippen molar-refractivity contribution in [1.82, 2.24) is 4.57 Å². The van der Waals surface area contributed by atoms with Crippen LogP contribution in [0.25, 0.3) is 10.9 Å². The Morgan fingerprint density at radius 3 is 2.68 bits per heavy atom. The molecule has 3 aromatic rings. The number of methoxy groups -OCH3 is 1. The number of carbonyl (C=O) groups is 1. The van der Waals surface area contributed by atoms with Gasteiger partial charge in [0.15, 0.2) is 0 Å². The maximum atomic E-state index is 12.2. The van der Waals surface area contributed by atoms with Crippen molar-refractivity contribution >= 4 is 34.3 Å². The van der Waals surface area contributed by atoms with Gasteiger partial charge in [0.2, 0.25) is 5.91 Å². The van der Waals surface area contributed by atoms with E-state index < -0.39 is 0 Å². The molecule has 2 aromatic carbocycles. The number of ether oxygens (including phenoxy) is 1. The highest BCUT2D eigenvalue weighted by molar-refractivity contribution is 8.00. The number of aryl methyl sites for hydroxylation is 1. The van der Waals surface area contributed by atoms with Crippen LogP contribution in [0.5, 0.6) is 5.75 Å². The van der Waals surface area contributed by atoms with E-state index in [0.29, 0.717) is 5.75 Å². The molecule has 4 nitrogen and oxygen atoms in total. The maximum absolute atomic E-state index is 12.2. The highest BCUT2D eigenvalue weighted by Gasteiger charge is 2.06. The van der Waals surface area contributed by atoms with Crippen LogP contribution < -0.4 is 10.1 Å². The van der Waals surface area contributed by atoms with Crippen LogP contribution in [0.4, 0.5) is 5.69 Å². The van der Waals surface area contributed by atoms with E-state index >= 15 is 0 Å². The molecule has 0 aliphatic carbocycles. The average Bonchev–Trinajstić information content (AvgIpc) is 3.03. The van der Waals surface area contributed by atoms with Gasteiger partial charge in [0.25, 0.3) is 0 Å². The van der Waals surface area contributed by atoms with Crippen LogP contribution in [0.3, 0.4) is 0 Å². The first-order valence-electron chi connectivity index (χ1n) is 8.35. The number of nitrogens with zero attached hydrogens (tertiary/aromatic N) is 1. The molecule has 0 fully saturated rings. The van der Waals surface area contributed by atoms with Crippen molar-refractivity contribution < 1.29 is 9.53 Å². The van der Waals surface area contributed by atoms with Gasteiger partial charge in [-0.1, -0.05) is 6.92 Å². The van der Waals surface area contributed by atoms with Crippen molar-refractivity contribution in [3.8, 4) is 5.75 Å². The summed E-state index contributed by atoms with van der Waals surface area (Å²) in [6, 6.07) is 15.9. The van der Waals surface area contributed by atoms with Crippen molar-refractivity contribution in [3.63, 3.8) is 0 Å². The van der Waals surface area contributed by atoms with Crippen LogP contribution in [-0.2, 0) is 11.3 Å². The summed E-state index contributed by atoms with van der Waals surface area (Å²) >= 11 is 1.51. The van der Waals surface area contributed by atoms with E-state index in [1.54, 1.807) is 7.11 Å². The zero-order chi connectivity index (χ0) is 17.6. The zero-order valence-corrected chi connectivity index (χ0v) is 15.3. The van der Waals surface area contributed by atoms with Crippen LogP contribution in [0.15, 0.2) is 59.6 Å². The summed E-state index contributed by atoms with van der Waals surface area (Å²) in [5.74, 6) is 1.19. The molecule has 1 heterocycles. The van der Waals surface area contributed by atoms with Crippen molar-refractivity contribution in [2.24, 2.45) is 0 Å². The number of nitrogens with one attached hydrogen (secondary N) is 1. The largest absolute Gasteiger partial charge is 0.497 e. The molecular weight excluding hydrogens is 332 g/mol. The van der Waals surface area contributed by atoms with Crippen LogP contribution in [-0.4, -0.2) is 23.3 Å². The smallest absolute Gasteiger partial charge is 0.234 e. The first-order valence-corrected chi connectivity index (χ1v) is 9.33.